The van der Waals surface area contributed by atoms with Crippen molar-refractivity contribution in [3.8, 4) is 11.5 Å². The van der Waals surface area contributed by atoms with Crippen LogP contribution in [-0.2, 0) is 14.6 Å². The number of alkyl halides is 3. The Balaban J connectivity index is 3.57. The molecule has 0 unspecified atom stereocenters. The first-order chi connectivity index (χ1) is 10.4. The zero-order valence-electron chi connectivity index (χ0n) is 12.7. The number of carbonyl (C=O) groups excluding carboxylic acids is 1. The second-order valence-electron chi connectivity index (χ2n) is 4.54. The molecule has 0 saturated carbocycles. The van der Waals surface area contributed by atoms with Gasteiger partial charge >= 0.3 is 12.1 Å². The van der Waals surface area contributed by atoms with E-state index in [9.17, 15) is 26.4 Å². The molecule has 6 nitrogen and oxygen atoms in total. The van der Waals surface area contributed by atoms with Gasteiger partial charge in [-0.05, 0) is 19.1 Å². The van der Waals surface area contributed by atoms with Gasteiger partial charge in [-0.1, -0.05) is 0 Å². The van der Waals surface area contributed by atoms with Gasteiger partial charge in [0.2, 0.25) is 0 Å². The Kier molecular flexibility index (Phi) is 5.51. The van der Waals surface area contributed by atoms with E-state index in [2.05, 4.69) is 4.74 Å². The van der Waals surface area contributed by atoms with Crippen molar-refractivity contribution >= 4 is 15.8 Å². The van der Waals surface area contributed by atoms with Crippen molar-refractivity contribution in [3.63, 3.8) is 0 Å². The molecular formula is C13H15F3O6S. The van der Waals surface area contributed by atoms with E-state index < -0.39 is 45.1 Å². The van der Waals surface area contributed by atoms with Gasteiger partial charge in [0, 0.05) is 6.26 Å². The highest BCUT2D eigenvalue weighted by atomic mass is 32.2. The third kappa shape index (κ3) is 4.27. The summed E-state index contributed by atoms with van der Waals surface area (Å²) in [7, 11) is -1.73. The monoisotopic (exact) mass is 356 g/mol. The third-order valence-electron chi connectivity index (χ3n) is 2.84. The van der Waals surface area contributed by atoms with Crippen molar-refractivity contribution in [2.75, 3.05) is 20.5 Å². The molecule has 0 radical (unpaired) electrons. The minimum atomic E-state index is -4.67. The molecule has 23 heavy (non-hydrogen) atoms. The van der Waals surface area contributed by atoms with E-state index in [4.69, 9.17) is 9.47 Å². The van der Waals surface area contributed by atoms with E-state index in [1.807, 2.05) is 0 Å². The first-order valence-corrected chi connectivity index (χ1v) is 8.05. The summed E-state index contributed by atoms with van der Waals surface area (Å²) in [6.45, 7) is 0.748. The van der Waals surface area contributed by atoms with E-state index in [1.165, 1.54) is 0 Å². The Morgan fingerprint density at radius 2 is 1.78 bits per heavy atom. The molecule has 0 aliphatic carbocycles. The van der Waals surface area contributed by atoms with Crippen LogP contribution in [0.1, 0.15) is 17.3 Å². The number of ether oxygens (including phenoxy) is 3. The number of rotatable bonds is 5. The largest absolute Gasteiger partial charge is 0.494 e. The second-order valence-corrected chi connectivity index (χ2v) is 6.52. The molecular weight excluding hydrogens is 341 g/mol. The van der Waals surface area contributed by atoms with E-state index in [1.54, 1.807) is 0 Å². The van der Waals surface area contributed by atoms with Gasteiger partial charge in [0.15, 0.2) is 21.7 Å². The zero-order valence-corrected chi connectivity index (χ0v) is 13.5. The lowest BCUT2D eigenvalue weighted by Gasteiger charge is -2.21. The number of hydrogen-bond acceptors (Lipinski definition) is 6. The molecule has 0 spiro atoms. The Morgan fingerprint density at radius 1 is 1.22 bits per heavy atom. The number of sulfone groups is 1. The van der Waals surface area contributed by atoms with Crippen molar-refractivity contribution in [2.45, 2.75) is 24.1 Å². The Morgan fingerprint density at radius 3 is 2.17 bits per heavy atom. The predicted molar refractivity (Wildman–Crippen MR) is 73.6 cm³/mol. The van der Waals surface area contributed by atoms with E-state index >= 15 is 0 Å². The topological polar surface area (TPSA) is 78.9 Å². The van der Waals surface area contributed by atoms with Crippen LogP contribution in [0.15, 0.2) is 17.0 Å². The minimum absolute atomic E-state index is 0.368. The van der Waals surface area contributed by atoms with Crippen LogP contribution in [0.3, 0.4) is 0 Å². The lowest BCUT2D eigenvalue weighted by Crippen LogP contribution is -2.31. The van der Waals surface area contributed by atoms with Crippen LogP contribution in [0.4, 0.5) is 13.2 Å². The molecule has 1 aromatic rings. The normalized spacial score (nSPS) is 13.3. The average molecular weight is 356 g/mol. The summed E-state index contributed by atoms with van der Waals surface area (Å²) >= 11 is 0. The molecule has 0 amide bonds. The summed E-state index contributed by atoms with van der Waals surface area (Å²) < 4.78 is 75.4. The van der Waals surface area contributed by atoms with E-state index in [0.717, 1.165) is 39.5 Å². The zero-order chi connectivity index (χ0) is 18.0. The number of methoxy groups -OCH3 is 2. The molecule has 1 atom stereocenters. The number of hydrogen-bond donors (Lipinski definition) is 0. The second kappa shape index (κ2) is 6.65. The molecule has 0 saturated heterocycles. The molecule has 0 aromatic heterocycles. The number of benzene rings is 1. The number of halogens is 3. The summed E-state index contributed by atoms with van der Waals surface area (Å²) in [6.07, 6.45) is -6.03. The minimum Gasteiger partial charge on any atom is -0.494 e. The smallest absolute Gasteiger partial charge is 0.425 e. The van der Waals surface area contributed by atoms with Crippen molar-refractivity contribution < 1.29 is 40.6 Å². The number of carbonyl (C=O) groups is 1. The highest BCUT2D eigenvalue weighted by Crippen LogP contribution is 2.37. The van der Waals surface area contributed by atoms with Crippen molar-refractivity contribution in [2.24, 2.45) is 0 Å². The quantitative estimate of drug-likeness (QED) is 0.753. The molecule has 1 aromatic carbocycles. The van der Waals surface area contributed by atoms with Crippen molar-refractivity contribution in [1.29, 1.82) is 0 Å². The maximum atomic E-state index is 12.6. The van der Waals surface area contributed by atoms with Crippen LogP contribution in [-0.4, -0.2) is 47.1 Å². The van der Waals surface area contributed by atoms with Crippen LogP contribution in [0.5, 0.6) is 11.5 Å². The van der Waals surface area contributed by atoms with Gasteiger partial charge in [-0.3, -0.25) is 0 Å². The van der Waals surface area contributed by atoms with Crippen molar-refractivity contribution in [1.82, 2.24) is 0 Å². The Labute approximate surface area is 131 Å². The molecule has 0 N–H and O–H groups in total. The fourth-order valence-electron chi connectivity index (χ4n) is 1.69. The summed E-state index contributed by atoms with van der Waals surface area (Å²) in [6, 6.07) is 1.95. The first kappa shape index (κ1) is 19.1. The van der Waals surface area contributed by atoms with E-state index in [0.29, 0.717) is 0 Å². The Hall–Kier alpha value is -1.97. The predicted octanol–water partition coefficient (Wildman–Crippen LogP) is 2.21. The molecule has 0 aliphatic heterocycles. The van der Waals surface area contributed by atoms with Gasteiger partial charge in [-0.25, -0.2) is 13.2 Å². The lowest BCUT2D eigenvalue weighted by molar-refractivity contribution is -0.189. The van der Waals surface area contributed by atoms with E-state index in [-0.39, 0.29) is 4.90 Å². The van der Waals surface area contributed by atoms with Gasteiger partial charge in [0.05, 0.1) is 14.2 Å². The van der Waals surface area contributed by atoms with Gasteiger partial charge < -0.3 is 14.2 Å². The standard InChI is InChI=1S/C13H15F3O6S/c1-7(13(14,15)16)22-8-5-6-9(23(4,18)19)11(20-2)10(8)12(17)21-3/h5-7H,1-4H3/t7-/m1/s1. The molecule has 130 valence electrons. The summed E-state index contributed by atoms with van der Waals surface area (Å²) in [5.41, 5.74) is -0.533. The fraction of sp³-hybridized carbons (Fsp3) is 0.462. The van der Waals surface area contributed by atoms with Crippen LogP contribution in [0, 0.1) is 0 Å². The average Bonchev–Trinajstić information content (AvgIpc) is 2.43. The van der Waals surface area contributed by atoms with Gasteiger partial charge in [0.1, 0.15) is 16.2 Å². The molecule has 0 bridgehead atoms. The van der Waals surface area contributed by atoms with Crippen LogP contribution in [0.25, 0.3) is 0 Å². The maximum Gasteiger partial charge on any atom is 0.425 e. The van der Waals surface area contributed by atoms with Crippen LogP contribution in [0.2, 0.25) is 0 Å². The van der Waals surface area contributed by atoms with Crippen molar-refractivity contribution in [3.05, 3.63) is 17.7 Å². The molecule has 0 aliphatic rings. The molecule has 0 heterocycles. The van der Waals surface area contributed by atoms with Crippen LogP contribution >= 0.6 is 0 Å². The maximum absolute atomic E-state index is 12.6. The van der Waals surface area contributed by atoms with Gasteiger partial charge in [-0.2, -0.15) is 13.2 Å². The van der Waals surface area contributed by atoms with Crippen LogP contribution < -0.4 is 9.47 Å². The number of esters is 1. The van der Waals surface area contributed by atoms with Gasteiger partial charge in [-0.15, -0.1) is 0 Å². The fourth-order valence-corrected chi connectivity index (χ4v) is 2.53. The lowest BCUT2D eigenvalue weighted by atomic mass is 10.1. The molecule has 1 rings (SSSR count). The first-order valence-electron chi connectivity index (χ1n) is 6.16. The molecule has 0 fully saturated rings. The highest BCUT2D eigenvalue weighted by molar-refractivity contribution is 7.90. The highest BCUT2D eigenvalue weighted by Gasteiger charge is 2.39. The summed E-state index contributed by atoms with van der Waals surface area (Å²) in [5, 5.41) is 0. The van der Waals surface area contributed by atoms with Gasteiger partial charge in [0.25, 0.3) is 0 Å². The third-order valence-corrected chi connectivity index (χ3v) is 3.96. The summed E-state index contributed by atoms with van der Waals surface area (Å²) in [4.78, 5) is 11.5. The summed E-state index contributed by atoms with van der Waals surface area (Å²) in [5.74, 6) is -2.02. The molecule has 10 heteroatoms. The Bertz CT molecular complexity index is 696. The SMILES string of the molecule is COC(=O)c1c(O[C@H](C)C(F)(F)F)ccc(S(C)(=O)=O)c1OC.